The van der Waals surface area contributed by atoms with Crippen LogP contribution in [0.25, 0.3) is 22.4 Å². The van der Waals surface area contributed by atoms with E-state index in [1.165, 1.54) is 0 Å². The number of nitrogens with zero attached hydrogens (tertiary/aromatic N) is 2. The molecule has 5 nitrogen and oxygen atoms in total. The van der Waals surface area contributed by atoms with Gasteiger partial charge in [-0.2, -0.15) is 0 Å². The highest BCUT2D eigenvalue weighted by Gasteiger charge is 2.14. The Hall–Kier alpha value is -3.60. The maximum atomic E-state index is 10.6. The van der Waals surface area contributed by atoms with Gasteiger partial charge in [0.1, 0.15) is 11.6 Å². The normalized spacial score (nSPS) is 11.0. The fourth-order valence-corrected chi connectivity index (χ4v) is 3.73. The quantitative estimate of drug-likeness (QED) is 0.334. The fraction of sp³-hybridized carbons (Fsp3) is 0.231. The van der Waals surface area contributed by atoms with Gasteiger partial charge in [-0.3, -0.25) is 4.79 Å². The second kappa shape index (κ2) is 9.94. The Kier molecular flexibility index (Phi) is 6.62. The van der Waals surface area contributed by atoms with Crippen LogP contribution in [-0.2, 0) is 11.3 Å². The highest BCUT2D eigenvalue weighted by atomic mass is 16.5. The van der Waals surface area contributed by atoms with Crippen LogP contribution >= 0.6 is 0 Å². The monoisotopic (exact) mass is 414 g/mol. The minimum atomic E-state index is -0.743. The Labute approximate surface area is 181 Å². The van der Waals surface area contributed by atoms with E-state index in [9.17, 15) is 4.79 Å². The third-order valence-corrected chi connectivity index (χ3v) is 5.28. The molecule has 0 radical (unpaired) electrons. The average molecular weight is 415 g/mol. The van der Waals surface area contributed by atoms with Gasteiger partial charge in [0.2, 0.25) is 0 Å². The van der Waals surface area contributed by atoms with Crippen molar-refractivity contribution in [3.05, 3.63) is 84.4 Å². The lowest BCUT2D eigenvalue weighted by Crippen LogP contribution is -2.06. The molecule has 0 unspecified atom stereocenters. The standard InChI is InChI=1S/C26H26N2O3/c29-25(30)17-5-2-10-18-31-24-16-9-6-13-21(24)19-28-23-15-8-7-14-22(23)27-26(28)20-11-3-1-4-12-20/h1,3-4,6-9,11-16H,2,5,10,17-19H2,(H,29,30). The third kappa shape index (κ3) is 5.12. The van der Waals surface area contributed by atoms with E-state index in [1.807, 2.05) is 54.6 Å². The van der Waals surface area contributed by atoms with Crippen molar-refractivity contribution in [3.8, 4) is 17.1 Å². The van der Waals surface area contributed by atoms with Crippen molar-refractivity contribution in [2.24, 2.45) is 0 Å². The lowest BCUT2D eigenvalue weighted by Gasteiger charge is -2.14. The molecule has 3 aromatic carbocycles. The predicted octanol–water partition coefficient (Wildman–Crippen LogP) is 5.78. The van der Waals surface area contributed by atoms with E-state index in [0.29, 0.717) is 19.6 Å². The number of fused-ring (bicyclic) bond motifs is 1. The van der Waals surface area contributed by atoms with Crippen molar-refractivity contribution in [2.75, 3.05) is 6.61 Å². The summed E-state index contributed by atoms with van der Waals surface area (Å²) in [5.74, 6) is 1.05. The predicted molar refractivity (Wildman–Crippen MR) is 122 cm³/mol. The summed E-state index contributed by atoms with van der Waals surface area (Å²) in [6.45, 7) is 1.23. The highest BCUT2D eigenvalue weighted by molar-refractivity contribution is 5.80. The number of carboxylic acid groups (broad SMARTS) is 1. The SMILES string of the molecule is O=C(O)CCCCCOc1ccccc1Cn1c(-c2ccccc2)nc2ccccc21. The molecular formula is C26H26N2O3. The number of unbranched alkanes of at least 4 members (excludes halogenated alkanes) is 2. The van der Waals surface area contributed by atoms with Crippen LogP contribution in [0.1, 0.15) is 31.2 Å². The molecule has 5 heteroatoms. The molecule has 4 aromatic rings. The van der Waals surface area contributed by atoms with E-state index in [1.54, 1.807) is 0 Å². The van der Waals surface area contributed by atoms with Crippen LogP contribution in [0.15, 0.2) is 78.9 Å². The Balaban J connectivity index is 1.55. The fourth-order valence-electron chi connectivity index (χ4n) is 3.73. The van der Waals surface area contributed by atoms with Crippen LogP contribution < -0.4 is 4.74 Å². The number of aliphatic carboxylic acids is 1. The summed E-state index contributed by atoms with van der Waals surface area (Å²) in [6.07, 6.45) is 2.58. The molecule has 0 saturated carbocycles. The molecule has 1 heterocycles. The zero-order chi connectivity index (χ0) is 21.5. The van der Waals surface area contributed by atoms with Crippen LogP contribution in [0.3, 0.4) is 0 Å². The molecule has 0 aliphatic heterocycles. The minimum Gasteiger partial charge on any atom is -0.493 e. The summed E-state index contributed by atoms with van der Waals surface area (Å²) in [5.41, 5.74) is 4.23. The number of carboxylic acids is 1. The minimum absolute atomic E-state index is 0.215. The van der Waals surface area contributed by atoms with Gasteiger partial charge in [-0.1, -0.05) is 60.7 Å². The van der Waals surface area contributed by atoms with Crippen molar-refractivity contribution >= 4 is 17.0 Å². The maximum absolute atomic E-state index is 10.6. The van der Waals surface area contributed by atoms with E-state index in [-0.39, 0.29) is 6.42 Å². The summed E-state index contributed by atoms with van der Waals surface area (Å²) >= 11 is 0. The summed E-state index contributed by atoms with van der Waals surface area (Å²) in [4.78, 5) is 15.5. The van der Waals surface area contributed by atoms with Gasteiger partial charge in [-0.25, -0.2) is 4.98 Å². The zero-order valence-corrected chi connectivity index (χ0v) is 17.4. The molecule has 0 atom stereocenters. The van der Waals surface area contributed by atoms with Gasteiger partial charge in [-0.15, -0.1) is 0 Å². The molecule has 4 rings (SSSR count). The smallest absolute Gasteiger partial charge is 0.303 e. The topological polar surface area (TPSA) is 64.3 Å². The van der Waals surface area contributed by atoms with Gasteiger partial charge < -0.3 is 14.4 Å². The first-order valence-electron chi connectivity index (χ1n) is 10.7. The molecular weight excluding hydrogens is 388 g/mol. The molecule has 1 aromatic heterocycles. The second-order valence-corrected chi connectivity index (χ2v) is 7.54. The lowest BCUT2D eigenvalue weighted by atomic mass is 10.1. The summed E-state index contributed by atoms with van der Waals surface area (Å²) < 4.78 is 8.31. The van der Waals surface area contributed by atoms with Crippen LogP contribution in [-0.4, -0.2) is 27.2 Å². The Morgan fingerprint density at radius 3 is 2.45 bits per heavy atom. The Morgan fingerprint density at radius 1 is 0.871 bits per heavy atom. The number of hydrogen-bond donors (Lipinski definition) is 1. The average Bonchev–Trinajstić information content (AvgIpc) is 3.16. The number of rotatable bonds is 10. The van der Waals surface area contributed by atoms with Crippen LogP contribution in [0, 0.1) is 0 Å². The van der Waals surface area contributed by atoms with Crippen LogP contribution in [0.2, 0.25) is 0 Å². The van der Waals surface area contributed by atoms with Crippen molar-refractivity contribution in [1.29, 1.82) is 0 Å². The van der Waals surface area contributed by atoms with E-state index < -0.39 is 5.97 Å². The molecule has 0 spiro atoms. The number of hydrogen-bond acceptors (Lipinski definition) is 3. The molecule has 0 amide bonds. The second-order valence-electron chi connectivity index (χ2n) is 7.54. The summed E-state index contributed by atoms with van der Waals surface area (Å²) in [7, 11) is 0. The molecule has 158 valence electrons. The molecule has 0 fully saturated rings. The number of aromatic nitrogens is 2. The first-order valence-corrected chi connectivity index (χ1v) is 10.7. The molecule has 31 heavy (non-hydrogen) atoms. The molecule has 1 N–H and O–H groups in total. The molecule has 0 bridgehead atoms. The van der Waals surface area contributed by atoms with Gasteiger partial charge in [0.15, 0.2) is 0 Å². The first-order chi connectivity index (χ1) is 15.2. The van der Waals surface area contributed by atoms with Gasteiger partial charge in [0.05, 0.1) is 24.2 Å². The first kappa shape index (κ1) is 20.7. The van der Waals surface area contributed by atoms with E-state index in [2.05, 4.69) is 28.8 Å². The molecule has 0 aliphatic rings. The Bertz CT molecular complexity index is 1150. The Morgan fingerprint density at radius 2 is 1.61 bits per heavy atom. The number of ether oxygens (including phenoxy) is 1. The van der Waals surface area contributed by atoms with Crippen molar-refractivity contribution in [3.63, 3.8) is 0 Å². The molecule has 0 saturated heterocycles. The van der Waals surface area contributed by atoms with Crippen molar-refractivity contribution < 1.29 is 14.6 Å². The number of carbonyl (C=O) groups is 1. The van der Waals surface area contributed by atoms with Gasteiger partial charge in [-0.05, 0) is 37.5 Å². The third-order valence-electron chi connectivity index (χ3n) is 5.28. The number of imidazole rings is 1. The number of para-hydroxylation sites is 3. The highest BCUT2D eigenvalue weighted by Crippen LogP contribution is 2.28. The van der Waals surface area contributed by atoms with Crippen LogP contribution in [0.5, 0.6) is 5.75 Å². The zero-order valence-electron chi connectivity index (χ0n) is 17.4. The maximum Gasteiger partial charge on any atom is 0.303 e. The number of benzene rings is 3. The van der Waals surface area contributed by atoms with Gasteiger partial charge in [0, 0.05) is 17.5 Å². The summed E-state index contributed by atoms with van der Waals surface area (Å²) in [5, 5.41) is 8.75. The largest absolute Gasteiger partial charge is 0.493 e. The lowest BCUT2D eigenvalue weighted by molar-refractivity contribution is -0.137. The van der Waals surface area contributed by atoms with E-state index in [0.717, 1.165) is 46.6 Å². The van der Waals surface area contributed by atoms with Gasteiger partial charge in [0.25, 0.3) is 0 Å². The van der Waals surface area contributed by atoms with Crippen molar-refractivity contribution in [2.45, 2.75) is 32.2 Å². The summed E-state index contributed by atoms with van der Waals surface area (Å²) in [6, 6.07) is 26.5. The van der Waals surface area contributed by atoms with Crippen molar-refractivity contribution in [1.82, 2.24) is 9.55 Å². The van der Waals surface area contributed by atoms with Crippen LogP contribution in [0.4, 0.5) is 0 Å². The van der Waals surface area contributed by atoms with E-state index in [4.69, 9.17) is 14.8 Å². The van der Waals surface area contributed by atoms with E-state index >= 15 is 0 Å². The molecule has 0 aliphatic carbocycles. The van der Waals surface area contributed by atoms with Gasteiger partial charge >= 0.3 is 5.97 Å².